The molecular weight excluding hydrogens is 486 g/mol. The molecule has 0 saturated carbocycles. The molecule has 1 aromatic carbocycles. The summed E-state index contributed by atoms with van der Waals surface area (Å²) in [6, 6.07) is 8.19. The molecular formula is C28H33N5O3S. The topological polar surface area (TPSA) is 71.0 Å². The first-order valence-corrected chi connectivity index (χ1v) is 13.7. The first-order chi connectivity index (χ1) is 18.1. The minimum absolute atomic E-state index is 0.0863. The molecule has 0 aliphatic carbocycles. The Balaban J connectivity index is 1.12. The predicted molar refractivity (Wildman–Crippen MR) is 148 cm³/mol. The summed E-state index contributed by atoms with van der Waals surface area (Å²) in [6.07, 6.45) is 5.19. The Hall–Kier alpha value is -3.35. The number of piperidine rings is 1. The Labute approximate surface area is 222 Å². The second-order valence-electron chi connectivity index (χ2n) is 9.37. The zero-order valence-corrected chi connectivity index (χ0v) is 22.4. The molecule has 5 rings (SSSR count). The van der Waals surface area contributed by atoms with Gasteiger partial charge in [-0.2, -0.15) is 0 Å². The first-order valence-electron chi connectivity index (χ1n) is 12.9. The van der Waals surface area contributed by atoms with Gasteiger partial charge in [0.1, 0.15) is 27.6 Å². The van der Waals surface area contributed by atoms with E-state index in [1.165, 1.54) is 36.3 Å². The van der Waals surface area contributed by atoms with Crippen molar-refractivity contribution < 1.29 is 14.3 Å². The molecule has 4 heterocycles. The van der Waals surface area contributed by atoms with Crippen molar-refractivity contribution in [1.29, 1.82) is 0 Å². The van der Waals surface area contributed by atoms with Crippen LogP contribution in [0.3, 0.4) is 0 Å². The number of esters is 1. The van der Waals surface area contributed by atoms with E-state index in [9.17, 15) is 4.79 Å². The lowest BCUT2D eigenvalue weighted by molar-refractivity contribution is 0.0561. The van der Waals surface area contributed by atoms with E-state index in [-0.39, 0.29) is 12.6 Å². The third-order valence-corrected chi connectivity index (χ3v) is 8.24. The van der Waals surface area contributed by atoms with Gasteiger partial charge in [-0.1, -0.05) is 11.8 Å². The van der Waals surface area contributed by atoms with E-state index in [0.717, 1.165) is 66.6 Å². The van der Waals surface area contributed by atoms with Crippen LogP contribution in [-0.2, 0) is 4.74 Å². The highest BCUT2D eigenvalue weighted by Crippen LogP contribution is 2.36. The number of nitrogens with zero attached hydrogens (tertiary/aromatic N) is 5. The van der Waals surface area contributed by atoms with Crippen LogP contribution in [0.2, 0.25) is 0 Å². The van der Waals surface area contributed by atoms with Crippen LogP contribution in [0.25, 0.3) is 10.2 Å². The van der Waals surface area contributed by atoms with E-state index in [0.29, 0.717) is 11.4 Å². The van der Waals surface area contributed by atoms with Crippen molar-refractivity contribution in [2.75, 3.05) is 69.3 Å². The number of aromatic nitrogens is 2. The summed E-state index contributed by atoms with van der Waals surface area (Å²) in [4.78, 5) is 30.2. The molecule has 3 aromatic rings. The molecule has 8 nitrogen and oxygen atoms in total. The number of anilines is 2. The van der Waals surface area contributed by atoms with E-state index in [1.54, 1.807) is 13.4 Å². The van der Waals surface area contributed by atoms with Crippen molar-refractivity contribution >= 4 is 39.0 Å². The largest absolute Gasteiger partial charge is 0.497 e. The second kappa shape index (κ2) is 11.8. The number of methoxy groups -OCH3 is 1. The summed E-state index contributed by atoms with van der Waals surface area (Å²) in [5, 5.41) is 0.973. The maximum absolute atomic E-state index is 12.8. The Morgan fingerprint density at radius 3 is 2.46 bits per heavy atom. The maximum Gasteiger partial charge on any atom is 0.349 e. The minimum atomic E-state index is -0.340. The Bertz CT molecular complexity index is 1280. The zero-order chi connectivity index (χ0) is 25.6. The third-order valence-electron chi connectivity index (χ3n) is 7.06. The van der Waals surface area contributed by atoms with Crippen molar-refractivity contribution in [2.24, 2.45) is 0 Å². The van der Waals surface area contributed by atoms with Crippen LogP contribution < -0.4 is 14.5 Å². The van der Waals surface area contributed by atoms with Gasteiger partial charge in [0.05, 0.1) is 19.0 Å². The summed E-state index contributed by atoms with van der Waals surface area (Å²) in [5.41, 5.74) is 2.11. The summed E-state index contributed by atoms with van der Waals surface area (Å²) in [6.45, 7) is 8.51. The molecule has 2 fully saturated rings. The fraction of sp³-hybridized carbons (Fsp3) is 0.464. The number of hydrogen-bond donors (Lipinski definition) is 0. The van der Waals surface area contributed by atoms with Gasteiger partial charge in [0.15, 0.2) is 6.61 Å². The molecule has 0 amide bonds. The normalized spacial score (nSPS) is 16.4. The molecule has 0 radical (unpaired) electrons. The van der Waals surface area contributed by atoms with Crippen LogP contribution in [0.4, 0.5) is 11.5 Å². The number of fused-ring (bicyclic) bond motifs is 1. The Morgan fingerprint density at radius 1 is 0.973 bits per heavy atom. The number of aryl methyl sites for hydroxylation is 1. The van der Waals surface area contributed by atoms with E-state index in [1.807, 2.05) is 19.1 Å². The van der Waals surface area contributed by atoms with Gasteiger partial charge in [0, 0.05) is 45.0 Å². The van der Waals surface area contributed by atoms with Crippen molar-refractivity contribution in [2.45, 2.75) is 26.2 Å². The quantitative estimate of drug-likeness (QED) is 0.358. The van der Waals surface area contributed by atoms with E-state index < -0.39 is 0 Å². The molecule has 0 atom stereocenters. The summed E-state index contributed by atoms with van der Waals surface area (Å²) >= 11 is 1.38. The third kappa shape index (κ3) is 5.81. The van der Waals surface area contributed by atoms with Crippen molar-refractivity contribution in [3.63, 3.8) is 0 Å². The van der Waals surface area contributed by atoms with Gasteiger partial charge in [-0.05, 0) is 56.0 Å². The Kier molecular flexibility index (Phi) is 8.07. The second-order valence-corrected chi connectivity index (χ2v) is 10.4. The summed E-state index contributed by atoms with van der Waals surface area (Å²) in [5.74, 6) is 7.64. The highest BCUT2D eigenvalue weighted by molar-refractivity contribution is 7.20. The molecule has 0 bridgehead atoms. The Morgan fingerprint density at radius 2 is 1.73 bits per heavy atom. The molecule has 2 aliphatic heterocycles. The van der Waals surface area contributed by atoms with Crippen molar-refractivity contribution in [1.82, 2.24) is 14.9 Å². The molecule has 9 heteroatoms. The van der Waals surface area contributed by atoms with Gasteiger partial charge in [-0.15, -0.1) is 11.3 Å². The average Bonchev–Trinajstić information content (AvgIpc) is 3.30. The molecule has 194 valence electrons. The van der Waals surface area contributed by atoms with Gasteiger partial charge in [0.25, 0.3) is 0 Å². The minimum Gasteiger partial charge on any atom is -0.497 e. The van der Waals surface area contributed by atoms with Crippen LogP contribution in [0.15, 0.2) is 30.6 Å². The van der Waals surface area contributed by atoms with Crippen LogP contribution in [0.5, 0.6) is 5.75 Å². The van der Waals surface area contributed by atoms with Gasteiger partial charge >= 0.3 is 5.97 Å². The lowest BCUT2D eigenvalue weighted by Gasteiger charge is -2.35. The summed E-state index contributed by atoms with van der Waals surface area (Å²) in [7, 11) is 1.68. The molecule has 37 heavy (non-hydrogen) atoms. The molecule has 0 N–H and O–H groups in total. The standard InChI is InChI=1S/C28H33N5O3S/c1-21-24-26(33-13-4-3-5-14-33)29-20-30-27(24)37-25(21)28(34)36-19-7-6-12-31-15-17-32(18-16-31)22-8-10-23(35-2)11-9-22/h8-11,20H,3-5,12-19H2,1-2H3. The summed E-state index contributed by atoms with van der Waals surface area (Å²) < 4.78 is 10.8. The van der Waals surface area contributed by atoms with Gasteiger partial charge in [-0.3, -0.25) is 4.90 Å². The number of rotatable bonds is 6. The number of hydrogen-bond acceptors (Lipinski definition) is 9. The molecule has 2 aliphatic rings. The number of benzene rings is 1. The molecule has 2 aromatic heterocycles. The number of thiophene rings is 1. The van der Waals surface area contributed by atoms with E-state index in [2.05, 4.69) is 48.6 Å². The van der Waals surface area contributed by atoms with Crippen molar-refractivity contribution in [3.8, 4) is 17.6 Å². The fourth-order valence-electron chi connectivity index (χ4n) is 4.94. The lowest BCUT2D eigenvalue weighted by atomic mass is 10.1. The number of carbonyl (C=O) groups excluding carboxylic acids is 1. The smallest absolute Gasteiger partial charge is 0.349 e. The van der Waals surface area contributed by atoms with E-state index >= 15 is 0 Å². The zero-order valence-electron chi connectivity index (χ0n) is 21.5. The number of carbonyl (C=O) groups is 1. The average molecular weight is 520 g/mol. The van der Waals surface area contributed by atoms with Gasteiger partial charge < -0.3 is 19.3 Å². The fourth-order valence-corrected chi connectivity index (χ4v) is 5.97. The van der Waals surface area contributed by atoms with Gasteiger partial charge in [0.2, 0.25) is 0 Å². The maximum atomic E-state index is 12.8. The van der Waals surface area contributed by atoms with Crippen LogP contribution in [-0.4, -0.2) is 80.4 Å². The van der Waals surface area contributed by atoms with Crippen molar-refractivity contribution in [3.05, 3.63) is 41.0 Å². The lowest BCUT2D eigenvalue weighted by Crippen LogP contribution is -2.46. The monoisotopic (exact) mass is 519 g/mol. The number of piperazine rings is 1. The van der Waals surface area contributed by atoms with Crippen LogP contribution >= 0.6 is 11.3 Å². The highest BCUT2D eigenvalue weighted by atomic mass is 32.1. The molecule has 0 spiro atoms. The molecule has 2 saturated heterocycles. The predicted octanol–water partition coefficient (Wildman–Crippen LogP) is 3.98. The molecule has 0 unspecified atom stereocenters. The van der Waals surface area contributed by atoms with Gasteiger partial charge in [-0.25, -0.2) is 14.8 Å². The van der Waals surface area contributed by atoms with Crippen LogP contribution in [0, 0.1) is 18.8 Å². The van der Waals surface area contributed by atoms with E-state index in [4.69, 9.17) is 9.47 Å². The van der Waals surface area contributed by atoms with Crippen LogP contribution in [0.1, 0.15) is 34.5 Å². The first kappa shape index (κ1) is 25.3. The number of ether oxygens (including phenoxy) is 2. The SMILES string of the molecule is COc1ccc(N2CCN(CC#CCOC(=O)c3sc4ncnc(N5CCCCC5)c4c3C)CC2)cc1. The highest BCUT2D eigenvalue weighted by Gasteiger charge is 2.23.